The van der Waals surface area contributed by atoms with Gasteiger partial charge in [0.25, 0.3) is 5.91 Å². The fraction of sp³-hybridized carbons (Fsp3) is 0.273. The van der Waals surface area contributed by atoms with Gasteiger partial charge in [0.2, 0.25) is 5.91 Å². The van der Waals surface area contributed by atoms with Crippen LogP contribution < -0.4 is 25.4 Å². The van der Waals surface area contributed by atoms with Crippen LogP contribution >= 0.6 is 0 Å². The predicted molar refractivity (Wildman–Crippen MR) is 113 cm³/mol. The molecule has 10 nitrogen and oxygen atoms in total. The number of ether oxygens (including phenoxy) is 3. The summed E-state index contributed by atoms with van der Waals surface area (Å²) in [6, 6.07) is 12.3. The summed E-state index contributed by atoms with van der Waals surface area (Å²) >= 11 is 0. The molecule has 4 amide bonds. The Labute approximate surface area is 184 Å². The molecule has 2 aromatic carbocycles. The van der Waals surface area contributed by atoms with E-state index < -0.39 is 30.6 Å². The lowest BCUT2D eigenvalue weighted by atomic mass is 10.0. The summed E-state index contributed by atoms with van der Waals surface area (Å²) in [4.78, 5) is 47.6. The van der Waals surface area contributed by atoms with Crippen LogP contribution in [-0.4, -0.2) is 43.6 Å². The van der Waals surface area contributed by atoms with E-state index in [0.29, 0.717) is 30.4 Å². The SMILES string of the molecule is CC(=O)NC(CC(=O)OCC(=O)NC(=O)Nc1ccc2c(c1)OCCO2)c1ccccc1. The van der Waals surface area contributed by atoms with Gasteiger partial charge in [0.05, 0.1) is 12.5 Å². The molecule has 1 atom stereocenters. The van der Waals surface area contributed by atoms with Crippen molar-refractivity contribution in [3.63, 3.8) is 0 Å². The van der Waals surface area contributed by atoms with E-state index in [2.05, 4.69) is 16.0 Å². The molecule has 0 radical (unpaired) electrons. The van der Waals surface area contributed by atoms with E-state index in [1.807, 2.05) is 6.07 Å². The van der Waals surface area contributed by atoms with Gasteiger partial charge in [0.15, 0.2) is 18.1 Å². The third-order valence-electron chi connectivity index (χ3n) is 4.37. The van der Waals surface area contributed by atoms with Gasteiger partial charge in [0, 0.05) is 18.7 Å². The van der Waals surface area contributed by atoms with Crippen LogP contribution in [0.25, 0.3) is 0 Å². The minimum Gasteiger partial charge on any atom is -0.486 e. The summed E-state index contributed by atoms with van der Waals surface area (Å²) in [6.07, 6.45) is -0.166. The minimum atomic E-state index is -0.802. The van der Waals surface area contributed by atoms with Gasteiger partial charge in [-0.15, -0.1) is 0 Å². The lowest BCUT2D eigenvalue weighted by Crippen LogP contribution is -2.37. The Bertz CT molecular complexity index is 994. The van der Waals surface area contributed by atoms with E-state index in [9.17, 15) is 19.2 Å². The molecule has 32 heavy (non-hydrogen) atoms. The molecule has 1 unspecified atom stereocenters. The Morgan fingerprint density at radius 1 is 1.00 bits per heavy atom. The zero-order valence-electron chi connectivity index (χ0n) is 17.4. The second-order valence-corrected chi connectivity index (χ2v) is 6.89. The van der Waals surface area contributed by atoms with Crippen molar-refractivity contribution < 1.29 is 33.4 Å². The molecular weight excluding hydrogens is 418 g/mol. The highest BCUT2D eigenvalue weighted by atomic mass is 16.6. The Kier molecular flexibility index (Phi) is 7.63. The van der Waals surface area contributed by atoms with Crippen molar-refractivity contribution >= 4 is 29.5 Å². The number of anilines is 1. The largest absolute Gasteiger partial charge is 0.486 e. The number of esters is 1. The van der Waals surface area contributed by atoms with Gasteiger partial charge in [-0.1, -0.05) is 30.3 Å². The van der Waals surface area contributed by atoms with E-state index >= 15 is 0 Å². The topological polar surface area (TPSA) is 132 Å². The van der Waals surface area contributed by atoms with Crippen LogP contribution in [0.5, 0.6) is 11.5 Å². The number of amides is 4. The second-order valence-electron chi connectivity index (χ2n) is 6.89. The van der Waals surface area contributed by atoms with Gasteiger partial charge < -0.3 is 24.8 Å². The van der Waals surface area contributed by atoms with Crippen molar-refractivity contribution in [1.29, 1.82) is 0 Å². The van der Waals surface area contributed by atoms with E-state index in [4.69, 9.17) is 14.2 Å². The molecule has 168 valence electrons. The molecule has 0 fully saturated rings. The molecule has 0 saturated carbocycles. The number of carbonyl (C=O) groups is 4. The van der Waals surface area contributed by atoms with Crippen molar-refractivity contribution in [3.8, 4) is 11.5 Å². The second kappa shape index (κ2) is 10.8. The highest BCUT2D eigenvalue weighted by Crippen LogP contribution is 2.32. The van der Waals surface area contributed by atoms with Gasteiger partial charge in [-0.05, 0) is 17.7 Å². The van der Waals surface area contributed by atoms with Crippen LogP contribution in [0.15, 0.2) is 48.5 Å². The minimum absolute atomic E-state index is 0.166. The molecular formula is C22H23N3O7. The number of nitrogens with one attached hydrogen (secondary N) is 3. The van der Waals surface area contributed by atoms with Crippen LogP contribution in [0.4, 0.5) is 10.5 Å². The van der Waals surface area contributed by atoms with Gasteiger partial charge in [-0.2, -0.15) is 0 Å². The summed E-state index contributed by atoms with van der Waals surface area (Å²) in [6.45, 7) is 1.55. The van der Waals surface area contributed by atoms with E-state index in [-0.39, 0.29) is 12.3 Å². The third-order valence-corrected chi connectivity index (χ3v) is 4.37. The lowest BCUT2D eigenvalue weighted by molar-refractivity contribution is -0.148. The van der Waals surface area contributed by atoms with Crippen LogP contribution in [0.2, 0.25) is 0 Å². The third kappa shape index (κ3) is 6.73. The molecule has 0 aliphatic carbocycles. The molecule has 2 aromatic rings. The first-order valence-corrected chi connectivity index (χ1v) is 9.89. The van der Waals surface area contributed by atoms with Crippen molar-refractivity contribution in [3.05, 3.63) is 54.1 Å². The summed E-state index contributed by atoms with van der Waals surface area (Å²) in [5.74, 6) is -0.751. The first kappa shape index (κ1) is 22.6. The maximum absolute atomic E-state index is 12.1. The van der Waals surface area contributed by atoms with Crippen molar-refractivity contribution in [1.82, 2.24) is 10.6 Å². The fourth-order valence-corrected chi connectivity index (χ4v) is 3.00. The number of hydrogen-bond acceptors (Lipinski definition) is 7. The monoisotopic (exact) mass is 441 g/mol. The lowest BCUT2D eigenvalue weighted by Gasteiger charge is -2.19. The number of rotatable bonds is 7. The maximum Gasteiger partial charge on any atom is 0.325 e. The normalized spacial score (nSPS) is 12.8. The van der Waals surface area contributed by atoms with E-state index in [1.54, 1.807) is 42.5 Å². The summed E-state index contributed by atoms with van der Waals surface area (Å²) in [5.41, 5.74) is 1.13. The van der Waals surface area contributed by atoms with Crippen LogP contribution in [0, 0.1) is 0 Å². The van der Waals surface area contributed by atoms with Crippen LogP contribution in [-0.2, 0) is 19.1 Å². The van der Waals surface area contributed by atoms with E-state index in [0.717, 1.165) is 5.56 Å². The van der Waals surface area contributed by atoms with Gasteiger partial charge in [-0.25, -0.2) is 4.79 Å². The molecule has 1 aliphatic rings. The van der Waals surface area contributed by atoms with Crippen molar-refractivity contribution in [2.24, 2.45) is 0 Å². The molecule has 0 saturated heterocycles. The average molecular weight is 441 g/mol. The summed E-state index contributed by atoms with van der Waals surface area (Å²) < 4.78 is 15.8. The Morgan fingerprint density at radius 2 is 1.72 bits per heavy atom. The Morgan fingerprint density at radius 3 is 2.44 bits per heavy atom. The zero-order chi connectivity index (χ0) is 22.9. The van der Waals surface area contributed by atoms with Crippen molar-refractivity contribution in [2.45, 2.75) is 19.4 Å². The summed E-state index contributed by atoms with van der Waals surface area (Å²) in [5, 5.41) is 7.24. The number of fused-ring (bicyclic) bond motifs is 1. The number of urea groups is 1. The molecule has 3 N–H and O–H groups in total. The Hall–Kier alpha value is -4.08. The quantitative estimate of drug-likeness (QED) is 0.559. The highest BCUT2D eigenvalue weighted by molar-refractivity contribution is 6.02. The molecule has 10 heteroatoms. The molecule has 1 heterocycles. The highest BCUT2D eigenvalue weighted by Gasteiger charge is 2.19. The van der Waals surface area contributed by atoms with Gasteiger partial charge in [-0.3, -0.25) is 19.7 Å². The Balaban J connectivity index is 1.45. The molecule has 3 rings (SSSR count). The van der Waals surface area contributed by atoms with Crippen LogP contribution in [0.1, 0.15) is 24.9 Å². The first-order chi connectivity index (χ1) is 15.4. The molecule has 1 aliphatic heterocycles. The zero-order valence-corrected chi connectivity index (χ0v) is 17.4. The van der Waals surface area contributed by atoms with E-state index in [1.165, 1.54) is 6.92 Å². The molecule has 0 bridgehead atoms. The maximum atomic E-state index is 12.1. The van der Waals surface area contributed by atoms with Gasteiger partial charge >= 0.3 is 12.0 Å². The molecule has 0 spiro atoms. The summed E-state index contributed by atoms with van der Waals surface area (Å²) in [7, 11) is 0. The standard InChI is InChI=1S/C22H23N3O7/c1-14(26)23-17(15-5-3-2-4-6-15)12-21(28)32-13-20(27)25-22(29)24-16-7-8-18-19(11-16)31-10-9-30-18/h2-8,11,17H,9-10,12-13H2,1H3,(H,23,26)(H2,24,25,27,29). The smallest absolute Gasteiger partial charge is 0.325 e. The number of hydrogen-bond donors (Lipinski definition) is 3. The number of imide groups is 1. The van der Waals surface area contributed by atoms with Gasteiger partial charge in [0.1, 0.15) is 13.2 Å². The van der Waals surface area contributed by atoms with Crippen molar-refractivity contribution in [2.75, 3.05) is 25.1 Å². The molecule has 0 aromatic heterocycles. The number of carbonyl (C=O) groups excluding carboxylic acids is 4. The first-order valence-electron chi connectivity index (χ1n) is 9.89. The predicted octanol–water partition coefficient (Wildman–Crippen LogP) is 1.92. The van der Waals surface area contributed by atoms with Crippen LogP contribution in [0.3, 0.4) is 0 Å². The number of benzene rings is 2. The fourth-order valence-electron chi connectivity index (χ4n) is 3.00. The average Bonchev–Trinajstić information content (AvgIpc) is 2.77.